The Kier molecular flexibility index (Phi) is 1.24. The van der Waals surface area contributed by atoms with Crippen LogP contribution in [0.25, 0.3) is 0 Å². The van der Waals surface area contributed by atoms with Gasteiger partial charge in [0.05, 0.1) is 6.10 Å². The van der Waals surface area contributed by atoms with Crippen LogP contribution in [0.5, 0.6) is 0 Å². The van der Waals surface area contributed by atoms with Crippen molar-refractivity contribution in [1.29, 1.82) is 0 Å². The van der Waals surface area contributed by atoms with Gasteiger partial charge in [0.1, 0.15) is 0 Å². The van der Waals surface area contributed by atoms with E-state index in [9.17, 15) is 5.11 Å². The lowest BCUT2D eigenvalue weighted by Gasteiger charge is -2.25. The van der Waals surface area contributed by atoms with E-state index < -0.39 is 0 Å². The molecule has 2 heterocycles. The quantitative estimate of drug-likeness (QED) is 0.489. The summed E-state index contributed by atoms with van der Waals surface area (Å²) in [5.74, 6) is 0. The molecular weight excluding hydrogens is 114 g/mol. The molecule has 2 N–H and O–H groups in total. The van der Waals surface area contributed by atoms with Crippen LogP contribution >= 0.6 is 0 Å². The van der Waals surface area contributed by atoms with Crippen molar-refractivity contribution >= 4 is 0 Å². The summed E-state index contributed by atoms with van der Waals surface area (Å²) in [5.41, 5.74) is 0. The Morgan fingerprint density at radius 1 is 1.11 bits per heavy atom. The summed E-state index contributed by atoms with van der Waals surface area (Å²) in [4.78, 5) is 0. The predicted octanol–water partition coefficient (Wildman–Crippen LogP) is 0.262. The molecule has 0 saturated carbocycles. The number of nitrogens with one attached hydrogen (secondary N) is 1. The van der Waals surface area contributed by atoms with Crippen molar-refractivity contribution in [3.8, 4) is 0 Å². The summed E-state index contributed by atoms with van der Waals surface area (Å²) < 4.78 is 0. The van der Waals surface area contributed by atoms with E-state index in [1.807, 2.05) is 0 Å². The number of hydrogen-bond acceptors (Lipinski definition) is 2. The van der Waals surface area contributed by atoms with Gasteiger partial charge in [-0.1, -0.05) is 0 Å². The van der Waals surface area contributed by atoms with Gasteiger partial charge >= 0.3 is 0 Å². The van der Waals surface area contributed by atoms with Crippen molar-refractivity contribution < 1.29 is 5.11 Å². The molecule has 2 heteroatoms. The lowest BCUT2D eigenvalue weighted by atomic mass is 10.0. The van der Waals surface area contributed by atoms with Crippen LogP contribution in [0.2, 0.25) is 0 Å². The average Bonchev–Trinajstić information content (AvgIpc) is 2.25. The van der Waals surface area contributed by atoms with Crippen molar-refractivity contribution in [2.45, 2.75) is 43.9 Å². The fraction of sp³-hybridized carbons (Fsp3) is 1.00. The molecule has 9 heavy (non-hydrogen) atoms. The van der Waals surface area contributed by atoms with Crippen LogP contribution in [0.15, 0.2) is 0 Å². The highest BCUT2D eigenvalue weighted by Crippen LogP contribution is 2.26. The third-order valence-corrected chi connectivity index (χ3v) is 2.55. The van der Waals surface area contributed by atoms with Crippen LogP contribution in [-0.2, 0) is 0 Å². The molecule has 52 valence electrons. The zero-order chi connectivity index (χ0) is 6.27. The molecule has 2 unspecified atom stereocenters. The molecular formula is C7H13NO. The Morgan fingerprint density at radius 3 is 2.67 bits per heavy atom. The summed E-state index contributed by atoms with van der Waals surface area (Å²) in [6.07, 6.45) is 4.61. The lowest BCUT2D eigenvalue weighted by molar-refractivity contribution is 0.103. The Hall–Kier alpha value is -0.0800. The molecule has 2 bridgehead atoms. The first kappa shape index (κ1) is 5.69. The Morgan fingerprint density at radius 2 is 1.89 bits per heavy atom. The van der Waals surface area contributed by atoms with Gasteiger partial charge in [0.15, 0.2) is 0 Å². The van der Waals surface area contributed by atoms with Gasteiger partial charge in [-0.2, -0.15) is 0 Å². The maximum Gasteiger partial charge on any atom is 0.0693 e. The van der Waals surface area contributed by atoms with E-state index in [0.717, 1.165) is 12.5 Å². The van der Waals surface area contributed by atoms with Crippen LogP contribution in [-0.4, -0.2) is 23.3 Å². The summed E-state index contributed by atoms with van der Waals surface area (Å²) in [6.45, 7) is 0. The molecule has 0 aromatic carbocycles. The van der Waals surface area contributed by atoms with Gasteiger partial charge in [-0.05, 0) is 25.7 Å². The monoisotopic (exact) mass is 127 g/mol. The number of aliphatic hydroxyl groups excluding tert-OH is 1. The second-order valence-electron chi connectivity index (χ2n) is 3.19. The first-order valence-corrected chi connectivity index (χ1v) is 3.80. The number of rotatable bonds is 0. The van der Waals surface area contributed by atoms with Gasteiger partial charge < -0.3 is 10.4 Å². The fourth-order valence-electron chi connectivity index (χ4n) is 1.95. The minimum Gasteiger partial charge on any atom is -0.392 e. The van der Waals surface area contributed by atoms with Crippen molar-refractivity contribution in [1.82, 2.24) is 5.32 Å². The molecule has 0 aromatic heterocycles. The summed E-state index contributed by atoms with van der Waals surface area (Å²) >= 11 is 0. The van der Waals surface area contributed by atoms with E-state index in [2.05, 4.69) is 5.32 Å². The van der Waals surface area contributed by atoms with Crippen molar-refractivity contribution in [2.24, 2.45) is 0 Å². The van der Waals surface area contributed by atoms with E-state index >= 15 is 0 Å². The van der Waals surface area contributed by atoms with Gasteiger partial charge in [-0.25, -0.2) is 0 Å². The second kappa shape index (κ2) is 1.96. The molecule has 0 aliphatic carbocycles. The van der Waals surface area contributed by atoms with Gasteiger partial charge in [0, 0.05) is 12.1 Å². The number of aliphatic hydroxyl groups is 1. The summed E-state index contributed by atoms with van der Waals surface area (Å²) in [5, 5.41) is 12.7. The molecule has 2 aliphatic rings. The number of piperidine rings is 1. The first-order chi connectivity index (χ1) is 4.36. The second-order valence-corrected chi connectivity index (χ2v) is 3.19. The summed E-state index contributed by atoms with van der Waals surface area (Å²) in [6, 6.07) is 1.17. The molecule has 0 spiro atoms. The molecule has 2 nitrogen and oxygen atoms in total. The van der Waals surface area contributed by atoms with Crippen molar-refractivity contribution in [3.63, 3.8) is 0 Å². The minimum absolute atomic E-state index is 0.0521. The van der Waals surface area contributed by atoms with E-state index in [1.54, 1.807) is 0 Å². The lowest BCUT2D eigenvalue weighted by Crippen LogP contribution is -2.43. The summed E-state index contributed by atoms with van der Waals surface area (Å²) in [7, 11) is 0. The third-order valence-electron chi connectivity index (χ3n) is 2.55. The van der Waals surface area contributed by atoms with Crippen molar-refractivity contribution in [2.75, 3.05) is 0 Å². The molecule has 3 atom stereocenters. The van der Waals surface area contributed by atoms with E-state index in [1.165, 1.54) is 19.3 Å². The van der Waals surface area contributed by atoms with Gasteiger partial charge in [0.2, 0.25) is 0 Å². The molecule has 2 fully saturated rings. The predicted molar refractivity (Wildman–Crippen MR) is 35.2 cm³/mol. The first-order valence-electron chi connectivity index (χ1n) is 3.80. The van der Waals surface area contributed by atoms with E-state index in [0.29, 0.717) is 6.04 Å². The van der Waals surface area contributed by atoms with Gasteiger partial charge in [0.25, 0.3) is 0 Å². The number of hydrogen-bond donors (Lipinski definition) is 2. The van der Waals surface area contributed by atoms with Crippen LogP contribution in [0.4, 0.5) is 0 Å². The molecule has 0 aromatic rings. The normalized spacial score (nSPS) is 49.7. The highest BCUT2D eigenvalue weighted by Gasteiger charge is 2.33. The zero-order valence-electron chi connectivity index (χ0n) is 5.51. The maximum atomic E-state index is 9.33. The topological polar surface area (TPSA) is 32.3 Å². The van der Waals surface area contributed by atoms with Gasteiger partial charge in [-0.3, -0.25) is 0 Å². The average molecular weight is 127 g/mol. The maximum absolute atomic E-state index is 9.33. The highest BCUT2D eigenvalue weighted by atomic mass is 16.3. The van der Waals surface area contributed by atoms with E-state index in [-0.39, 0.29) is 6.10 Å². The third kappa shape index (κ3) is 0.864. The van der Waals surface area contributed by atoms with Crippen LogP contribution < -0.4 is 5.32 Å². The molecule has 2 aliphatic heterocycles. The van der Waals surface area contributed by atoms with Crippen LogP contribution in [0.3, 0.4) is 0 Å². The Labute approximate surface area is 55.3 Å². The molecule has 2 rings (SSSR count). The largest absolute Gasteiger partial charge is 0.392 e. The van der Waals surface area contributed by atoms with Gasteiger partial charge in [-0.15, -0.1) is 0 Å². The van der Waals surface area contributed by atoms with Crippen molar-refractivity contribution in [3.05, 3.63) is 0 Å². The molecule has 0 amide bonds. The standard InChI is InChI=1S/C7H13NO/c9-7-4-2-5-1-3-6(7)8-5/h5-9H,1-4H2/t5?,6?,7-/m1/s1. The Bertz CT molecular complexity index is 115. The van der Waals surface area contributed by atoms with E-state index in [4.69, 9.17) is 0 Å². The highest BCUT2D eigenvalue weighted by molar-refractivity contribution is 4.93. The van der Waals surface area contributed by atoms with Crippen LogP contribution in [0, 0.1) is 0 Å². The smallest absolute Gasteiger partial charge is 0.0693 e. The minimum atomic E-state index is -0.0521. The zero-order valence-corrected chi connectivity index (χ0v) is 5.51. The van der Waals surface area contributed by atoms with Crippen LogP contribution in [0.1, 0.15) is 25.7 Å². The number of fused-ring (bicyclic) bond motifs is 2. The SMILES string of the molecule is O[C@@H]1CCC2CCC1N2. The molecule has 2 saturated heterocycles. The molecule has 0 radical (unpaired) electrons. The fourth-order valence-corrected chi connectivity index (χ4v) is 1.95. The Balaban J connectivity index is 2.05.